The second kappa shape index (κ2) is 5.64. The van der Waals surface area contributed by atoms with Crippen LogP contribution in [0.1, 0.15) is 15.9 Å². The van der Waals surface area contributed by atoms with Gasteiger partial charge in [0.1, 0.15) is 5.56 Å². The first kappa shape index (κ1) is 14.2. The van der Waals surface area contributed by atoms with E-state index in [0.717, 1.165) is 6.07 Å². The Hall–Kier alpha value is -2.88. The number of nitrogens with zero attached hydrogens (tertiary/aromatic N) is 2. The topological polar surface area (TPSA) is 92.6 Å². The number of urea groups is 1. The van der Waals surface area contributed by atoms with Gasteiger partial charge in [-0.05, 0) is 12.1 Å². The number of nitro benzene ring substituents is 1. The van der Waals surface area contributed by atoms with Crippen molar-refractivity contribution in [2.75, 3.05) is 14.1 Å². The minimum atomic E-state index is -0.731. The monoisotopic (exact) mass is 261 g/mol. The molecule has 0 radical (unpaired) electrons. The number of imide groups is 1. The molecule has 0 bridgehead atoms. The van der Waals surface area contributed by atoms with Crippen molar-refractivity contribution in [3.8, 4) is 12.3 Å². The number of nitrogens with one attached hydrogen (secondary N) is 1. The Morgan fingerprint density at radius 1 is 1.42 bits per heavy atom. The van der Waals surface area contributed by atoms with Gasteiger partial charge in [0, 0.05) is 25.7 Å². The zero-order valence-electron chi connectivity index (χ0n) is 10.3. The number of nitro groups is 1. The van der Waals surface area contributed by atoms with Gasteiger partial charge in [0.25, 0.3) is 11.6 Å². The summed E-state index contributed by atoms with van der Waals surface area (Å²) in [5.74, 6) is 1.42. The van der Waals surface area contributed by atoms with Crippen LogP contribution in [0.2, 0.25) is 0 Å². The molecule has 0 spiro atoms. The lowest BCUT2D eigenvalue weighted by Gasteiger charge is -2.10. The molecule has 0 saturated heterocycles. The summed E-state index contributed by atoms with van der Waals surface area (Å²) < 4.78 is 0. The highest BCUT2D eigenvalue weighted by Gasteiger charge is 2.18. The number of carbonyl (C=O) groups excluding carboxylic acids is 2. The quantitative estimate of drug-likeness (QED) is 0.488. The van der Waals surface area contributed by atoms with Crippen LogP contribution < -0.4 is 5.32 Å². The molecule has 0 atom stereocenters. The van der Waals surface area contributed by atoms with Gasteiger partial charge in [0.05, 0.1) is 4.92 Å². The van der Waals surface area contributed by atoms with Crippen LogP contribution in [0.25, 0.3) is 0 Å². The highest BCUT2D eigenvalue weighted by molar-refractivity contribution is 6.04. The SMILES string of the molecule is C#Cc1ccc(C(=O)NC(=O)N(C)C)cc1[N+](=O)[O-]. The maximum absolute atomic E-state index is 11.7. The predicted octanol–water partition coefficient (Wildman–Crippen LogP) is 0.988. The van der Waals surface area contributed by atoms with Crippen LogP contribution in [-0.4, -0.2) is 35.9 Å². The zero-order chi connectivity index (χ0) is 14.6. The van der Waals surface area contributed by atoms with E-state index in [1.807, 2.05) is 0 Å². The van der Waals surface area contributed by atoms with E-state index in [4.69, 9.17) is 6.42 Å². The maximum atomic E-state index is 11.7. The third kappa shape index (κ3) is 3.29. The Balaban J connectivity index is 3.06. The van der Waals surface area contributed by atoms with Crippen LogP contribution >= 0.6 is 0 Å². The van der Waals surface area contributed by atoms with E-state index in [-0.39, 0.29) is 16.8 Å². The number of hydrogen-bond acceptors (Lipinski definition) is 4. The van der Waals surface area contributed by atoms with Crippen molar-refractivity contribution in [2.24, 2.45) is 0 Å². The molecule has 0 aliphatic heterocycles. The minimum Gasteiger partial charge on any atom is -0.331 e. The summed E-state index contributed by atoms with van der Waals surface area (Å²) in [5, 5.41) is 12.9. The van der Waals surface area contributed by atoms with Gasteiger partial charge >= 0.3 is 6.03 Å². The van der Waals surface area contributed by atoms with Gasteiger partial charge in [0.2, 0.25) is 0 Å². The fourth-order valence-corrected chi connectivity index (χ4v) is 1.23. The summed E-state index contributed by atoms with van der Waals surface area (Å²) in [6.07, 6.45) is 5.12. The molecule has 0 aromatic heterocycles. The van der Waals surface area contributed by atoms with Crippen molar-refractivity contribution in [2.45, 2.75) is 0 Å². The number of amides is 3. The Morgan fingerprint density at radius 3 is 2.53 bits per heavy atom. The van der Waals surface area contributed by atoms with Gasteiger partial charge in [-0.15, -0.1) is 6.42 Å². The second-order valence-corrected chi connectivity index (χ2v) is 3.79. The first-order valence-corrected chi connectivity index (χ1v) is 5.14. The lowest BCUT2D eigenvalue weighted by molar-refractivity contribution is -0.385. The third-order valence-corrected chi connectivity index (χ3v) is 2.24. The predicted molar refractivity (Wildman–Crippen MR) is 67.6 cm³/mol. The molecule has 0 fully saturated rings. The fourth-order valence-electron chi connectivity index (χ4n) is 1.23. The maximum Gasteiger partial charge on any atom is 0.323 e. The fraction of sp³-hybridized carbons (Fsp3) is 0.167. The summed E-state index contributed by atoms with van der Waals surface area (Å²) in [4.78, 5) is 34.3. The van der Waals surface area contributed by atoms with Gasteiger partial charge in [-0.1, -0.05) is 5.92 Å². The zero-order valence-corrected chi connectivity index (χ0v) is 10.3. The largest absolute Gasteiger partial charge is 0.331 e. The van der Waals surface area contributed by atoms with Crippen molar-refractivity contribution in [3.63, 3.8) is 0 Å². The van der Waals surface area contributed by atoms with Gasteiger partial charge < -0.3 is 4.90 Å². The third-order valence-electron chi connectivity index (χ3n) is 2.24. The number of carbonyl (C=O) groups is 2. The Bertz CT molecular complexity index is 587. The molecular formula is C12H11N3O4. The van der Waals surface area contributed by atoms with Crippen LogP contribution in [0.15, 0.2) is 18.2 Å². The molecule has 0 saturated carbocycles. The lowest BCUT2D eigenvalue weighted by Crippen LogP contribution is -2.38. The second-order valence-electron chi connectivity index (χ2n) is 3.79. The molecule has 0 unspecified atom stereocenters. The molecule has 98 valence electrons. The van der Waals surface area contributed by atoms with Gasteiger partial charge in [-0.3, -0.25) is 20.2 Å². The first-order valence-electron chi connectivity index (χ1n) is 5.14. The van der Waals surface area contributed by atoms with E-state index in [0.29, 0.717) is 0 Å². The average Bonchev–Trinajstić information content (AvgIpc) is 2.37. The summed E-state index contributed by atoms with van der Waals surface area (Å²) >= 11 is 0. The first-order chi connectivity index (χ1) is 8.86. The van der Waals surface area contributed by atoms with E-state index in [1.165, 1.54) is 31.1 Å². The summed E-state index contributed by atoms with van der Waals surface area (Å²) in [6.45, 7) is 0. The Morgan fingerprint density at radius 2 is 2.05 bits per heavy atom. The summed E-state index contributed by atoms with van der Waals surface area (Å²) in [5.41, 5.74) is -0.297. The van der Waals surface area contributed by atoms with E-state index in [2.05, 4.69) is 11.2 Å². The van der Waals surface area contributed by atoms with Crippen LogP contribution in [0.3, 0.4) is 0 Å². The average molecular weight is 261 g/mol. The van der Waals surface area contributed by atoms with Gasteiger partial charge in [-0.2, -0.15) is 0 Å². The molecule has 1 rings (SSSR count). The Kier molecular flexibility index (Phi) is 4.21. The van der Waals surface area contributed by atoms with Gasteiger partial charge in [-0.25, -0.2) is 4.79 Å². The molecule has 1 aromatic rings. The van der Waals surface area contributed by atoms with Crippen LogP contribution in [0.4, 0.5) is 10.5 Å². The lowest BCUT2D eigenvalue weighted by atomic mass is 10.1. The van der Waals surface area contributed by atoms with Crippen molar-refractivity contribution in [1.82, 2.24) is 10.2 Å². The molecule has 1 aromatic carbocycles. The van der Waals surface area contributed by atoms with Crippen molar-refractivity contribution >= 4 is 17.6 Å². The molecule has 0 heterocycles. The Labute approximate surface area is 109 Å². The van der Waals surface area contributed by atoms with E-state index >= 15 is 0 Å². The van der Waals surface area contributed by atoms with Crippen molar-refractivity contribution < 1.29 is 14.5 Å². The molecular weight excluding hydrogens is 250 g/mol. The molecule has 1 N–H and O–H groups in total. The summed E-state index contributed by atoms with van der Waals surface area (Å²) in [6, 6.07) is 3.02. The van der Waals surface area contributed by atoms with E-state index < -0.39 is 16.9 Å². The summed E-state index contributed by atoms with van der Waals surface area (Å²) in [7, 11) is 2.93. The molecule has 3 amide bonds. The highest BCUT2D eigenvalue weighted by Crippen LogP contribution is 2.19. The molecule has 7 heteroatoms. The number of terminal acetylenes is 1. The van der Waals surface area contributed by atoms with Crippen LogP contribution in [0.5, 0.6) is 0 Å². The smallest absolute Gasteiger partial charge is 0.323 e. The van der Waals surface area contributed by atoms with Crippen molar-refractivity contribution in [3.05, 3.63) is 39.4 Å². The van der Waals surface area contributed by atoms with Gasteiger partial charge in [0.15, 0.2) is 0 Å². The minimum absolute atomic E-state index is 0.0131. The number of hydrogen-bond donors (Lipinski definition) is 1. The van der Waals surface area contributed by atoms with Crippen LogP contribution in [-0.2, 0) is 0 Å². The molecule has 0 aliphatic carbocycles. The van der Waals surface area contributed by atoms with E-state index in [9.17, 15) is 19.7 Å². The van der Waals surface area contributed by atoms with Crippen LogP contribution in [0, 0.1) is 22.5 Å². The number of benzene rings is 1. The van der Waals surface area contributed by atoms with E-state index in [1.54, 1.807) is 0 Å². The number of rotatable bonds is 2. The highest BCUT2D eigenvalue weighted by atomic mass is 16.6. The molecule has 0 aliphatic rings. The van der Waals surface area contributed by atoms with Crippen molar-refractivity contribution in [1.29, 1.82) is 0 Å². The molecule has 19 heavy (non-hydrogen) atoms. The normalized spacial score (nSPS) is 9.32. The standard InChI is InChI=1S/C12H11N3O4/c1-4-8-5-6-9(7-10(8)15(18)19)11(16)13-12(17)14(2)3/h1,5-7H,2-3H3,(H,13,16,17). The molecule has 7 nitrogen and oxygen atoms in total.